The highest BCUT2D eigenvalue weighted by atomic mass is 32.1. The maximum absolute atomic E-state index is 12.3. The highest BCUT2D eigenvalue weighted by molar-refractivity contribution is 7.20. The molecule has 4 heteroatoms. The van der Waals surface area contributed by atoms with Crippen LogP contribution in [0.4, 0.5) is 0 Å². The minimum absolute atomic E-state index is 0.144. The van der Waals surface area contributed by atoms with Gasteiger partial charge < -0.3 is 9.47 Å². The van der Waals surface area contributed by atoms with Crippen LogP contribution in [0, 0.1) is 0 Å². The van der Waals surface area contributed by atoms with Crippen molar-refractivity contribution in [2.24, 2.45) is 0 Å². The van der Waals surface area contributed by atoms with Crippen LogP contribution in [0.25, 0.3) is 10.1 Å². The fourth-order valence-electron chi connectivity index (χ4n) is 2.04. The molecule has 0 aliphatic carbocycles. The number of carbonyl (C=O) groups excluding carboxylic acids is 1. The van der Waals surface area contributed by atoms with E-state index in [2.05, 4.69) is 37.7 Å². The van der Waals surface area contributed by atoms with Gasteiger partial charge >= 0.3 is 0 Å². The van der Waals surface area contributed by atoms with Crippen molar-refractivity contribution < 1.29 is 4.79 Å². The van der Waals surface area contributed by atoms with E-state index in [0.29, 0.717) is 6.04 Å². The van der Waals surface area contributed by atoms with Gasteiger partial charge in [0.25, 0.3) is 5.91 Å². The van der Waals surface area contributed by atoms with Crippen LogP contribution in [0.3, 0.4) is 0 Å². The first-order chi connectivity index (χ1) is 9.02. The molecule has 0 aromatic carbocycles. The number of nitrogens with zero attached hydrogens (tertiary/aromatic N) is 2. The fraction of sp³-hybridized carbons (Fsp3) is 0.533. The van der Waals surface area contributed by atoms with E-state index in [0.717, 1.165) is 24.3 Å². The number of amides is 1. The number of fused-ring (bicyclic) bond motifs is 1. The van der Waals surface area contributed by atoms with Crippen molar-refractivity contribution in [3.63, 3.8) is 0 Å². The van der Waals surface area contributed by atoms with Crippen LogP contribution in [0.1, 0.15) is 49.3 Å². The topological polar surface area (TPSA) is 25.2 Å². The third kappa shape index (κ3) is 3.00. The zero-order valence-electron chi connectivity index (χ0n) is 12.1. The van der Waals surface area contributed by atoms with E-state index < -0.39 is 0 Å². The number of rotatable bonds is 5. The molecule has 1 amide bonds. The lowest BCUT2D eigenvalue weighted by molar-refractivity contribution is 0.0798. The zero-order valence-corrected chi connectivity index (χ0v) is 13.0. The molecule has 0 aliphatic heterocycles. The molecule has 2 aromatic rings. The first-order valence-corrected chi connectivity index (χ1v) is 7.71. The Morgan fingerprint density at radius 3 is 2.74 bits per heavy atom. The number of thiophene rings is 1. The second-order valence-corrected chi connectivity index (χ2v) is 6.39. The quantitative estimate of drug-likeness (QED) is 0.806. The third-order valence-corrected chi connectivity index (χ3v) is 4.42. The van der Waals surface area contributed by atoms with E-state index in [1.807, 2.05) is 18.0 Å². The van der Waals surface area contributed by atoms with Crippen LogP contribution in [0.15, 0.2) is 18.5 Å². The molecule has 0 unspecified atom stereocenters. The summed E-state index contributed by atoms with van der Waals surface area (Å²) in [4.78, 5) is 14.9. The first-order valence-electron chi connectivity index (χ1n) is 6.89. The van der Waals surface area contributed by atoms with Crippen molar-refractivity contribution in [3.05, 3.63) is 23.3 Å². The predicted octanol–water partition coefficient (Wildman–Crippen LogP) is 4.16. The lowest BCUT2D eigenvalue weighted by Gasteiger charge is -2.15. The summed E-state index contributed by atoms with van der Waals surface area (Å²) in [7, 11) is 1.89. The molecule has 0 fully saturated rings. The van der Waals surface area contributed by atoms with E-state index in [4.69, 9.17) is 0 Å². The van der Waals surface area contributed by atoms with Gasteiger partial charge in [-0.05, 0) is 26.3 Å². The molecule has 0 N–H and O–H groups in total. The van der Waals surface area contributed by atoms with Gasteiger partial charge in [-0.15, -0.1) is 11.3 Å². The molecule has 0 radical (unpaired) electrons. The Balaban J connectivity index is 2.17. The molecular formula is C15H22N2OS. The SMILES string of the molecule is CCCCN(C)C(=O)c1cc2cn(C(C)C)cc2s1. The molecule has 19 heavy (non-hydrogen) atoms. The Kier molecular flexibility index (Phi) is 4.30. The maximum Gasteiger partial charge on any atom is 0.263 e. The molecule has 104 valence electrons. The summed E-state index contributed by atoms with van der Waals surface area (Å²) in [5, 5.41) is 1.17. The zero-order chi connectivity index (χ0) is 14.0. The van der Waals surface area contributed by atoms with Gasteiger partial charge in [-0.25, -0.2) is 0 Å². The normalized spacial score (nSPS) is 11.4. The molecule has 2 heterocycles. The average Bonchev–Trinajstić information content (AvgIpc) is 2.92. The molecule has 0 aliphatic rings. The van der Waals surface area contributed by atoms with Gasteiger partial charge in [-0.3, -0.25) is 4.79 Å². The van der Waals surface area contributed by atoms with Gasteiger partial charge in [0.05, 0.1) is 9.58 Å². The van der Waals surface area contributed by atoms with Crippen LogP contribution in [-0.4, -0.2) is 29.0 Å². The van der Waals surface area contributed by atoms with E-state index >= 15 is 0 Å². The summed E-state index contributed by atoms with van der Waals surface area (Å²) in [6.45, 7) is 7.30. The van der Waals surface area contributed by atoms with Gasteiger partial charge in [0.1, 0.15) is 0 Å². The Bertz CT molecular complexity index is 536. The second kappa shape index (κ2) is 5.78. The van der Waals surface area contributed by atoms with Crippen LogP contribution >= 0.6 is 11.3 Å². The lowest BCUT2D eigenvalue weighted by Crippen LogP contribution is -2.26. The van der Waals surface area contributed by atoms with E-state index in [1.54, 1.807) is 11.3 Å². The van der Waals surface area contributed by atoms with Crippen molar-refractivity contribution in [2.45, 2.75) is 39.7 Å². The third-order valence-electron chi connectivity index (χ3n) is 3.35. The summed E-state index contributed by atoms with van der Waals surface area (Å²) < 4.78 is 3.39. The van der Waals surface area contributed by atoms with Crippen molar-refractivity contribution >= 4 is 27.3 Å². The minimum Gasteiger partial charge on any atom is -0.350 e. The van der Waals surface area contributed by atoms with Gasteiger partial charge in [-0.1, -0.05) is 13.3 Å². The van der Waals surface area contributed by atoms with Gasteiger partial charge in [0.2, 0.25) is 0 Å². The minimum atomic E-state index is 0.144. The summed E-state index contributed by atoms with van der Waals surface area (Å²) in [5.41, 5.74) is 0. The van der Waals surface area contributed by atoms with Gasteiger partial charge in [0.15, 0.2) is 0 Å². The summed E-state index contributed by atoms with van der Waals surface area (Å²) >= 11 is 1.59. The van der Waals surface area contributed by atoms with E-state index in [-0.39, 0.29) is 5.91 Å². The number of unbranched alkanes of at least 4 members (excludes halogenated alkanes) is 1. The van der Waals surface area contributed by atoms with Crippen molar-refractivity contribution in [1.82, 2.24) is 9.47 Å². The van der Waals surface area contributed by atoms with Crippen LogP contribution in [0.2, 0.25) is 0 Å². The Morgan fingerprint density at radius 1 is 1.42 bits per heavy atom. The Morgan fingerprint density at radius 2 is 2.16 bits per heavy atom. The molecule has 2 rings (SSSR count). The molecule has 0 spiro atoms. The van der Waals surface area contributed by atoms with E-state index in [9.17, 15) is 4.79 Å². The highest BCUT2D eigenvalue weighted by Gasteiger charge is 2.15. The van der Waals surface area contributed by atoms with Crippen LogP contribution in [-0.2, 0) is 0 Å². The second-order valence-electron chi connectivity index (χ2n) is 5.31. The number of aromatic nitrogens is 1. The Hall–Kier alpha value is -1.29. The van der Waals surface area contributed by atoms with Crippen LogP contribution < -0.4 is 0 Å². The number of carbonyl (C=O) groups is 1. The molecule has 2 aromatic heterocycles. The summed E-state index contributed by atoms with van der Waals surface area (Å²) in [5.74, 6) is 0.144. The average molecular weight is 278 g/mol. The summed E-state index contributed by atoms with van der Waals surface area (Å²) in [6, 6.07) is 2.48. The lowest BCUT2D eigenvalue weighted by atomic mass is 10.3. The molecular weight excluding hydrogens is 256 g/mol. The van der Waals surface area contributed by atoms with E-state index in [1.165, 1.54) is 10.1 Å². The van der Waals surface area contributed by atoms with Gasteiger partial charge in [-0.2, -0.15) is 0 Å². The van der Waals surface area contributed by atoms with Crippen molar-refractivity contribution in [1.29, 1.82) is 0 Å². The first kappa shape index (κ1) is 14.1. The Labute approximate surface area is 118 Å². The largest absolute Gasteiger partial charge is 0.350 e. The monoisotopic (exact) mass is 278 g/mol. The van der Waals surface area contributed by atoms with Crippen molar-refractivity contribution in [2.75, 3.05) is 13.6 Å². The summed E-state index contributed by atoms with van der Waals surface area (Å²) in [6.07, 6.45) is 6.43. The number of hydrogen-bond acceptors (Lipinski definition) is 2. The molecule has 0 saturated carbocycles. The van der Waals surface area contributed by atoms with Crippen molar-refractivity contribution in [3.8, 4) is 0 Å². The van der Waals surface area contributed by atoms with Gasteiger partial charge in [0, 0.05) is 37.4 Å². The predicted molar refractivity (Wildman–Crippen MR) is 82.1 cm³/mol. The molecule has 0 bridgehead atoms. The highest BCUT2D eigenvalue weighted by Crippen LogP contribution is 2.28. The molecule has 3 nitrogen and oxygen atoms in total. The maximum atomic E-state index is 12.3. The molecule has 0 saturated heterocycles. The molecule has 0 atom stereocenters. The smallest absolute Gasteiger partial charge is 0.263 e. The fourth-order valence-corrected chi connectivity index (χ4v) is 3.11. The van der Waals surface area contributed by atoms with Crippen LogP contribution in [0.5, 0.6) is 0 Å². The number of hydrogen-bond donors (Lipinski definition) is 0. The standard InChI is InChI=1S/C15H22N2OS/c1-5-6-7-16(4)15(18)13-8-12-9-17(11(2)3)10-14(12)19-13/h8-11H,5-7H2,1-4H3.